The van der Waals surface area contributed by atoms with Gasteiger partial charge in [-0.15, -0.1) is 0 Å². The molecule has 0 saturated carbocycles. The Labute approximate surface area is 133 Å². The summed E-state index contributed by atoms with van der Waals surface area (Å²) in [4.78, 5) is 22.2. The number of nitro groups is 1. The van der Waals surface area contributed by atoms with Gasteiger partial charge < -0.3 is 4.74 Å². The number of hydrogen-bond acceptors (Lipinski definition) is 6. The largest absolute Gasteiger partial charge is 0.465 e. The number of esters is 1. The molecule has 2 atom stereocenters. The molecular weight excluding hydrogens is 322 g/mol. The lowest BCUT2D eigenvalue weighted by molar-refractivity contribution is -0.384. The topological polar surface area (TPSA) is 104 Å². The molecule has 1 aromatic carbocycles. The molecule has 0 N–H and O–H groups in total. The average molecular weight is 337 g/mol. The van der Waals surface area contributed by atoms with Gasteiger partial charge in [-0.2, -0.15) is 0 Å². The van der Waals surface area contributed by atoms with Crippen molar-refractivity contribution >= 4 is 27.1 Å². The maximum absolute atomic E-state index is 12.1. The Bertz CT molecular complexity index is 826. The molecule has 23 heavy (non-hydrogen) atoms. The number of sulfone groups is 1. The SMILES string of the molecule is COC(=O)c1cc(C2=CC3CCC(C2)S3(=O)=O)cc([N+](=O)[O-])c1. The van der Waals surface area contributed by atoms with Crippen LogP contribution in [-0.4, -0.2) is 36.9 Å². The minimum absolute atomic E-state index is 0.0818. The molecule has 0 aromatic heterocycles. The van der Waals surface area contributed by atoms with Crippen molar-refractivity contribution < 1.29 is 22.9 Å². The van der Waals surface area contributed by atoms with E-state index >= 15 is 0 Å². The summed E-state index contributed by atoms with van der Waals surface area (Å²) in [5.74, 6) is -0.665. The maximum atomic E-state index is 12.1. The average Bonchev–Trinajstić information content (AvgIpc) is 2.72. The molecule has 1 fully saturated rings. The minimum Gasteiger partial charge on any atom is -0.465 e. The van der Waals surface area contributed by atoms with Gasteiger partial charge in [0.1, 0.15) is 0 Å². The van der Waals surface area contributed by atoms with E-state index in [0.29, 0.717) is 24.8 Å². The molecule has 2 heterocycles. The van der Waals surface area contributed by atoms with Crippen molar-refractivity contribution in [3.63, 3.8) is 0 Å². The number of benzene rings is 1. The first-order valence-corrected chi connectivity index (χ1v) is 8.75. The number of methoxy groups -OCH3 is 1. The number of non-ortho nitro benzene ring substituents is 1. The molecule has 7 nitrogen and oxygen atoms in total. The third-order valence-electron chi connectivity index (χ3n) is 4.41. The van der Waals surface area contributed by atoms with Crippen molar-refractivity contribution in [2.75, 3.05) is 7.11 Å². The van der Waals surface area contributed by atoms with E-state index in [1.165, 1.54) is 19.2 Å². The molecule has 0 radical (unpaired) electrons. The second-order valence-corrected chi connectivity index (χ2v) is 8.19. The molecule has 2 bridgehead atoms. The van der Waals surface area contributed by atoms with E-state index in [4.69, 9.17) is 0 Å². The zero-order valence-corrected chi connectivity index (χ0v) is 13.2. The zero-order chi connectivity index (χ0) is 16.8. The number of fused-ring (bicyclic) bond motifs is 2. The summed E-state index contributed by atoms with van der Waals surface area (Å²) in [5.41, 5.74) is 1.11. The van der Waals surface area contributed by atoms with Gasteiger partial charge in [0.05, 0.1) is 28.1 Å². The Morgan fingerprint density at radius 3 is 2.65 bits per heavy atom. The summed E-state index contributed by atoms with van der Waals surface area (Å²) >= 11 is 0. The first kappa shape index (κ1) is 15.7. The highest BCUT2D eigenvalue weighted by atomic mass is 32.2. The fourth-order valence-corrected chi connectivity index (χ4v) is 5.40. The Hall–Kier alpha value is -2.22. The smallest absolute Gasteiger partial charge is 0.338 e. The highest BCUT2D eigenvalue weighted by Gasteiger charge is 2.43. The van der Waals surface area contributed by atoms with Gasteiger partial charge in [-0.05, 0) is 36.5 Å². The molecule has 0 aliphatic carbocycles. The number of nitro benzene ring substituents is 1. The number of allylic oxidation sites excluding steroid dienone is 1. The first-order chi connectivity index (χ1) is 10.8. The van der Waals surface area contributed by atoms with E-state index in [9.17, 15) is 23.3 Å². The van der Waals surface area contributed by atoms with Gasteiger partial charge in [0.25, 0.3) is 5.69 Å². The molecule has 1 saturated heterocycles. The molecule has 0 amide bonds. The fraction of sp³-hybridized carbons (Fsp3) is 0.400. The van der Waals surface area contributed by atoms with Crippen LogP contribution in [0.15, 0.2) is 24.3 Å². The third-order valence-corrected chi connectivity index (χ3v) is 6.96. The van der Waals surface area contributed by atoms with E-state index in [2.05, 4.69) is 4.74 Å². The third kappa shape index (κ3) is 2.63. The molecule has 1 aromatic rings. The summed E-state index contributed by atoms with van der Waals surface area (Å²) < 4.78 is 28.9. The Balaban J connectivity index is 2.08. The Morgan fingerprint density at radius 1 is 1.30 bits per heavy atom. The van der Waals surface area contributed by atoms with E-state index in [1.807, 2.05) is 0 Å². The highest BCUT2D eigenvalue weighted by molar-refractivity contribution is 7.93. The van der Waals surface area contributed by atoms with Crippen LogP contribution in [0.3, 0.4) is 0 Å². The van der Waals surface area contributed by atoms with Crippen LogP contribution in [0, 0.1) is 10.1 Å². The lowest BCUT2D eigenvalue weighted by Gasteiger charge is -2.20. The van der Waals surface area contributed by atoms with Crippen LogP contribution in [0.4, 0.5) is 5.69 Å². The Kier molecular flexibility index (Phi) is 3.71. The van der Waals surface area contributed by atoms with Crippen molar-refractivity contribution in [2.24, 2.45) is 0 Å². The van der Waals surface area contributed by atoms with Crippen LogP contribution in [0.25, 0.3) is 5.57 Å². The molecule has 3 rings (SSSR count). The van der Waals surface area contributed by atoms with Crippen molar-refractivity contribution in [3.05, 3.63) is 45.5 Å². The standard InChI is InChI=1S/C15H15NO6S/c1-22-15(17)11-4-9(5-12(6-11)16(18)19)10-7-13-2-3-14(8-10)23(13,20)21/h4-7,13-14H,2-3,8H2,1H3. The maximum Gasteiger partial charge on any atom is 0.338 e. The van der Waals surface area contributed by atoms with Crippen molar-refractivity contribution in [1.82, 2.24) is 0 Å². The normalized spacial score (nSPS) is 24.8. The minimum atomic E-state index is -3.13. The quantitative estimate of drug-likeness (QED) is 0.475. The van der Waals surface area contributed by atoms with Crippen LogP contribution in [0.1, 0.15) is 35.2 Å². The van der Waals surface area contributed by atoms with Gasteiger partial charge >= 0.3 is 5.97 Å². The van der Waals surface area contributed by atoms with Crippen molar-refractivity contribution in [1.29, 1.82) is 0 Å². The monoisotopic (exact) mass is 337 g/mol. The fourth-order valence-electron chi connectivity index (χ4n) is 3.21. The molecule has 2 aliphatic rings. The second-order valence-electron chi connectivity index (χ2n) is 5.74. The van der Waals surface area contributed by atoms with Crippen LogP contribution >= 0.6 is 0 Å². The summed E-state index contributed by atoms with van der Waals surface area (Å²) in [7, 11) is -1.93. The van der Waals surface area contributed by atoms with Gasteiger partial charge in [0.2, 0.25) is 0 Å². The summed E-state index contributed by atoms with van der Waals surface area (Å²) in [6, 6.07) is 4.04. The van der Waals surface area contributed by atoms with Gasteiger partial charge in [-0.1, -0.05) is 6.08 Å². The van der Waals surface area contributed by atoms with Crippen LogP contribution in [0.2, 0.25) is 0 Å². The predicted octanol–water partition coefficient (Wildman–Crippen LogP) is 2.11. The molecule has 2 unspecified atom stereocenters. The van der Waals surface area contributed by atoms with Crippen molar-refractivity contribution in [3.8, 4) is 0 Å². The molecule has 2 aliphatic heterocycles. The van der Waals surface area contributed by atoms with E-state index in [-0.39, 0.29) is 11.3 Å². The zero-order valence-electron chi connectivity index (χ0n) is 12.4. The second kappa shape index (κ2) is 5.45. The van der Waals surface area contributed by atoms with E-state index < -0.39 is 31.2 Å². The molecule has 8 heteroatoms. The van der Waals surface area contributed by atoms with Crippen LogP contribution < -0.4 is 0 Å². The predicted molar refractivity (Wildman–Crippen MR) is 82.8 cm³/mol. The molecular formula is C15H15NO6S. The van der Waals surface area contributed by atoms with Crippen LogP contribution in [-0.2, 0) is 14.6 Å². The number of ether oxygens (including phenoxy) is 1. The van der Waals surface area contributed by atoms with Gasteiger partial charge in [0, 0.05) is 12.1 Å². The lowest BCUT2D eigenvalue weighted by Crippen LogP contribution is -2.26. The lowest BCUT2D eigenvalue weighted by atomic mass is 9.98. The number of rotatable bonds is 3. The van der Waals surface area contributed by atoms with Gasteiger partial charge in [0.15, 0.2) is 9.84 Å². The summed E-state index contributed by atoms with van der Waals surface area (Å²) in [6.07, 6.45) is 3.17. The summed E-state index contributed by atoms with van der Waals surface area (Å²) in [6.45, 7) is 0. The highest BCUT2D eigenvalue weighted by Crippen LogP contribution is 2.41. The van der Waals surface area contributed by atoms with Crippen molar-refractivity contribution in [2.45, 2.75) is 29.8 Å². The molecule has 122 valence electrons. The number of carbonyl (C=O) groups is 1. The number of hydrogen-bond donors (Lipinski definition) is 0. The van der Waals surface area contributed by atoms with E-state index in [0.717, 1.165) is 11.6 Å². The number of nitrogens with zero attached hydrogens (tertiary/aromatic N) is 1. The van der Waals surface area contributed by atoms with E-state index in [1.54, 1.807) is 6.08 Å². The van der Waals surface area contributed by atoms with Gasteiger partial charge in [-0.3, -0.25) is 10.1 Å². The molecule has 0 spiro atoms. The van der Waals surface area contributed by atoms with Crippen LogP contribution in [0.5, 0.6) is 0 Å². The first-order valence-electron chi connectivity index (χ1n) is 7.14. The van der Waals surface area contributed by atoms with Gasteiger partial charge in [-0.25, -0.2) is 13.2 Å². The number of carbonyl (C=O) groups excluding carboxylic acids is 1. The Morgan fingerprint density at radius 2 is 2.04 bits per heavy atom. The summed E-state index contributed by atoms with van der Waals surface area (Å²) in [5, 5.41) is 10.1.